The molecule has 2 aromatic carbocycles. The van der Waals surface area contributed by atoms with E-state index in [1.54, 1.807) is 37.3 Å². The Kier molecular flexibility index (Phi) is 5.96. The van der Waals surface area contributed by atoms with Gasteiger partial charge in [-0.2, -0.15) is 5.26 Å². The van der Waals surface area contributed by atoms with Crippen molar-refractivity contribution in [2.45, 2.75) is 17.9 Å². The molecule has 1 aliphatic heterocycles. The van der Waals surface area contributed by atoms with Crippen molar-refractivity contribution >= 4 is 39.1 Å². The number of rotatable bonds is 4. The molecule has 0 saturated carbocycles. The largest absolute Gasteiger partial charge is 0.323 e. The first-order chi connectivity index (χ1) is 13.7. The van der Waals surface area contributed by atoms with Gasteiger partial charge in [-0.25, -0.2) is 8.42 Å². The summed E-state index contributed by atoms with van der Waals surface area (Å²) in [6.45, 7) is 1.77. The van der Waals surface area contributed by atoms with E-state index in [9.17, 15) is 23.3 Å². The van der Waals surface area contributed by atoms with Gasteiger partial charge in [0, 0.05) is 12.0 Å². The second-order valence-electron chi connectivity index (χ2n) is 6.71. The van der Waals surface area contributed by atoms with E-state index in [-0.39, 0.29) is 16.3 Å². The highest BCUT2D eigenvalue weighted by atomic mass is 32.2. The van der Waals surface area contributed by atoms with Crippen LogP contribution >= 0.6 is 11.8 Å². The third kappa shape index (κ3) is 4.44. The van der Waals surface area contributed by atoms with E-state index in [0.29, 0.717) is 17.0 Å². The first kappa shape index (κ1) is 20.9. The number of benzene rings is 2. The minimum Gasteiger partial charge on any atom is -0.323 e. The molecular formula is C20H19N3O4S2. The smallest absolute Gasteiger partial charge is 0.256 e. The second-order valence-corrected chi connectivity index (χ2v) is 9.69. The molecule has 1 heterocycles. The first-order valence-electron chi connectivity index (χ1n) is 8.72. The molecule has 1 saturated heterocycles. The lowest BCUT2D eigenvalue weighted by molar-refractivity contribution is -0.119. The summed E-state index contributed by atoms with van der Waals surface area (Å²) >= 11 is 1.41. The average Bonchev–Trinajstić information content (AvgIpc) is 3.16. The van der Waals surface area contributed by atoms with E-state index in [1.807, 2.05) is 6.07 Å². The summed E-state index contributed by atoms with van der Waals surface area (Å²) in [6, 6.07) is 12.4. The number of anilines is 1. The van der Waals surface area contributed by atoms with Crippen LogP contribution in [0.15, 0.2) is 47.4 Å². The van der Waals surface area contributed by atoms with Crippen molar-refractivity contribution < 1.29 is 18.0 Å². The second kappa shape index (κ2) is 8.27. The molecule has 2 amide bonds. The molecule has 0 radical (unpaired) electrons. The molecule has 7 nitrogen and oxygen atoms in total. The van der Waals surface area contributed by atoms with Crippen LogP contribution < -0.4 is 5.32 Å². The van der Waals surface area contributed by atoms with Crippen LogP contribution in [0.1, 0.15) is 21.5 Å². The van der Waals surface area contributed by atoms with Crippen molar-refractivity contribution in [2.75, 3.05) is 23.2 Å². The summed E-state index contributed by atoms with van der Waals surface area (Å²) in [5.41, 5.74) is 1.50. The molecular weight excluding hydrogens is 410 g/mol. The van der Waals surface area contributed by atoms with Crippen molar-refractivity contribution in [1.82, 2.24) is 4.90 Å². The molecule has 1 fully saturated rings. The number of carbonyl (C=O) groups is 2. The van der Waals surface area contributed by atoms with E-state index in [2.05, 4.69) is 5.32 Å². The number of sulfone groups is 1. The number of para-hydroxylation sites is 1. The highest BCUT2D eigenvalue weighted by Gasteiger charge is 2.37. The van der Waals surface area contributed by atoms with Gasteiger partial charge in [-0.3, -0.25) is 9.59 Å². The summed E-state index contributed by atoms with van der Waals surface area (Å²) in [6.07, 6.45) is 1.05. The molecule has 0 aliphatic carbocycles. The number of hydrogen-bond donors (Lipinski definition) is 1. The summed E-state index contributed by atoms with van der Waals surface area (Å²) < 4.78 is 24.3. The Hall–Kier alpha value is -2.83. The summed E-state index contributed by atoms with van der Waals surface area (Å²) in [5, 5.41) is 11.9. The van der Waals surface area contributed by atoms with Gasteiger partial charge in [0.25, 0.3) is 5.91 Å². The number of nitriles is 1. The predicted octanol–water partition coefficient (Wildman–Crippen LogP) is 2.42. The van der Waals surface area contributed by atoms with Gasteiger partial charge in [-0.1, -0.05) is 23.8 Å². The van der Waals surface area contributed by atoms with Gasteiger partial charge in [-0.15, -0.1) is 11.8 Å². The first-order valence-corrected chi connectivity index (χ1v) is 11.8. The van der Waals surface area contributed by atoms with Crippen molar-refractivity contribution in [3.8, 4) is 6.07 Å². The van der Waals surface area contributed by atoms with Crippen molar-refractivity contribution in [3.05, 3.63) is 59.2 Å². The molecule has 9 heteroatoms. The fourth-order valence-corrected chi connectivity index (χ4v) is 5.07. The van der Waals surface area contributed by atoms with Gasteiger partial charge < -0.3 is 10.2 Å². The number of nitrogens with one attached hydrogen (secondary N) is 1. The van der Waals surface area contributed by atoms with E-state index in [0.717, 1.165) is 11.8 Å². The lowest BCUT2D eigenvalue weighted by atomic mass is 10.1. The van der Waals surface area contributed by atoms with Crippen LogP contribution in [0.4, 0.5) is 5.69 Å². The summed E-state index contributed by atoms with van der Waals surface area (Å²) in [5.74, 6) is -0.271. The molecule has 1 atom stereocenters. The van der Waals surface area contributed by atoms with Gasteiger partial charge in [0.05, 0.1) is 27.6 Å². The van der Waals surface area contributed by atoms with Crippen LogP contribution in [0.2, 0.25) is 0 Å². The monoisotopic (exact) mass is 429 g/mol. The van der Waals surface area contributed by atoms with Gasteiger partial charge >= 0.3 is 0 Å². The Morgan fingerprint density at radius 3 is 2.66 bits per heavy atom. The minimum atomic E-state index is -3.61. The Morgan fingerprint density at radius 2 is 1.97 bits per heavy atom. The zero-order valence-corrected chi connectivity index (χ0v) is 17.5. The summed E-state index contributed by atoms with van der Waals surface area (Å²) in [7, 11) is -3.61. The SMILES string of the molecule is Cc1ccc(S(C)(=O)=O)c(C(=O)N2CSCC2C(=O)Nc2ccccc2C#N)c1. The van der Waals surface area contributed by atoms with Crippen LogP contribution in [0.5, 0.6) is 0 Å². The Bertz CT molecular complexity index is 1120. The standard InChI is InChI=1S/C20H19N3O4S2/c1-13-7-8-18(29(2,26)27)15(9-13)20(25)23-12-28-11-17(23)19(24)22-16-6-4-3-5-14(16)10-21/h3-9,17H,11-12H2,1-2H3,(H,22,24). The van der Waals surface area contributed by atoms with E-state index < -0.39 is 27.7 Å². The van der Waals surface area contributed by atoms with E-state index in [4.69, 9.17) is 0 Å². The molecule has 3 rings (SSSR count). The van der Waals surface area contributed by atoms with Crippen LogP contribution in [0.25, 0.3) is 0 Å². The normalized spacial score (nSPS) is 16.3. The molecule has 29 heavy (non-hydrogen) atoms. The number of thioether (sulfide) groups is 1. The molecule has 1 aliphatic rings. The van der Waals surface area contributed by atoms with Crippen molar-refractivity contribution in [2.24, 2.45) is 0 Å². The van der Waals surface area contributed by atoms with E-state index >= 15 is 0 Å². The van der Waals surface area contributed by atoms with Crippen LogP contribution in [0.3, 0.4) is 0 Å². The Balaban J connectivity index is 1.90. The zero-order chi connectivity index (χ0) is 21.2. The predicted molar refractivity (Wildman–Crippen MR) is 111 cm³/mol. The van der Waals surface area contributed by atoms with Gasteiger partial charge in [0.1, 0.15) is 12.1 Å². The van der Waals surface area contributed by atoms with Crippen LogP contribution in [-0.2, 0) is 14.6 Å². The fraction of sp³-hybridized carbons (Fsp3) is 0.250. The average molecular weight is 430 g/mol. The number of carbonyl (C=O) groups excluding carboxylic acids is 2. The third-order valence-electron chi connectivity index (χ3n) is 4.52. The fourth-order valence-electron chi connectivity index (χ4n) is 3.05. The topological polar surface area (TPSA) is 107 Å². The highest BCUT2D eigenvalue weighted by molar-refractivity contribution is 7.99. The molecule has 2 aromatic rings. The maximum absolute atomic E-state index is 13.2. The molecule has 1 N–H and O–H groups in total. The maximum atomic E-state index is 13.2. The number of nitrogens with zero attached hydrogens (tertiary/aromatic N) is 2. The van der Waals surface area contributed by atoms with Crippen molar-refractivity contribution in [3.63, 3.8) is 0 Å². The molecule has 0 bridgehead atoms. The van der Waals surface area contributed by atoms with E-state index in [1.165, 1.54) is 28.8 Å². The van der Waals surface area contributed by atoms with Gasteiger partial charge in [0.15, 0.2) is 9.84 Å². The lowest BCUT2D eigenvalue weighted by Crippen LogP contribution is -2.45. The van der Waals surface area contributed by atoms with Crippen LogP contribution in [0, 0.1) is 18.3 Å². The molecule has 150 valence electrons. The van der Waals surface area contributed by atoms with Crippen molar-refractivity contribution in [1.29, 1.82) is 5.26 Å². The maximum Gasteiger partial charge on any atom is 0.256 e. The summed E-state index contributed by atoms with van der Waals surface area (Å²) in [4.78, 5) is 27.3. The Morgan fingerprint density at radius 1 is 1.24 bits per heavy atom. The molecule has 1 unspecified atom stereocenters. The molecule has 0 aromatic heterocycles. The quantitative estimate of drug-likeness (QED) is 0.800. The molecule has 0 spiro atoms. The van der Waals surface area contributed by atoms with Crippen LogP contribution in [-0.4, -0.2) is 49.1 Å². The number of hydrogen-bond acceptors (Lipinski definition) is 6. The number of amides is 2. The lowest BCUT2D eigenvalue weighted by Gasteiger charge is -2.24. The van der Waals surface area contributed by atoms with Gasteiger partial charge in [-0.05, 0) is 31.2 Å². The minimum absolute atomic E-state index is 0.0565. The third-order valence-corrected chi connectivity index (χ3v) is 6.68. The highest BCUT2D eigenvalue weighted by Crippen LogP contribution is 2.27. The van der Waals surface area contributed by atoms with Gasteiger partial charge in [0.2, 0.25) is 5.91 Å². The number of aryl methyl sites for hydroxylation is 1. The Labute approximate surface area is 173 Å². The zero-order valence-electron chi connectivity index (χ0n) is 15.9.